The Labute approximate surface area is 173 Å². The van der Waals surface area contributed by atoms with Crippen molar-refractivity contribution in [1.82, 2.24) is 19.6 Å². The van der Waals surface area contributed by atoms with E-state index in [9.17, 15) is 4.79 Å². The number of hydrogen-bond acceptors (Lipinski definition) is 4. The zero-order chi connectivity index (χ0) is 20.3. The van der Waals surface area contributed by atoms with E-state index in [1.54, 1.807) is 0 Å². The number of hydrogen-bond donors (Lipinski definition) is 0. The number of aromatic nitrogens is 2. The summed E-state index contributed by atoms with van der Waals surface area (Å²) < 4.78 is 7.68. The second-order valence-corrected chi connectivity index (χ2v) is 8.34. The normalized spacial score (nSPS) is 20.0. The van der Waals surface area contributed by atoms with Crippen LogP contribution in [-0.4, -0.2) is 71.4 Å². The van der Waals surface area contributed by atoms with E-state index in [-0.39, 0.29) is 5.91 Å². The molecule has 2 fully saturated rings. The smallest absolute Gasteiger partial charge is 0.233 e. The molecule has 4 rings (SSSR count). The average molecular weight is 397 g/mol. The highest BCUT2D eigenvalue weighted by Crippen LogP contribution is 2.37. The van der Waals surface area contributed by atoms with E-state index in [2.05, 4.69) is 44.7 Å². The molecular weight excluding hydrogens is 364 g/mol. The fraction of sp³-hybridized carbons (Fsp3) is 0.565. The highest BCUT2D eigenvalue weighted by atomic mass is 16.5. The number of nitrogens with zero attached hydrogens (tertiary/aromatic N) is 4. The van der Waals surface area contributed by atoms with Crippen LogP contribution in [0.1, 0.15) is 29.8 Å². The Morgan fingerprint density at radius 1 is 1.03 bits per heavy atom. The second-order valence-electron chi connectivity index (χ2n) is 8.34. The molecule has 0 bridgehead atoms. The molecule has 2 aliphatic rings. The number of ether oxygens (including phenoxy) is 1. The molecule has 6 heteroatoms. The lowest BCUT2D eigenvalue weighted by molar-refractivity contribution is -0.143. The molecule has 156 valence electrons. The molecule has 3 heterocycles. The van der Waals surface area contributed by atoms with Gasteiger partial charge in [-0.05, 0) is 38.3 Å². The maximum atomic E-state index is 13.6. The van der Waals surface area contributed by atoms with Crippen molar-refractivity contribution in [2.45, 2.75) is 38.6 Å². The Bertz CT molecular complexity index is 819. The van der Waals surface area contributed by atoms with Crippen LogP contribution < -0.4 is 0 Å². The maximum Gasteiger partial charge on any atom is 0.233 e. The lowest BCUT2D eigenvalue weighted by Crippen LogP contribution is -2.56. The summed E-state index contributed by atoms with van der Waals surface area (Å²) in [7, 11) is 0. The standard InChI is InChI=1S/C23H32N4O2/c1-19-18-20(2)27(24-19)15-12-25-10-13-26(14-11-25)22(28)23(8-16-29-17-9-23)21-6-4-3-5-7-21/h3-7,18H,8-17H2,1-2H3. The van der Waals surface area contributed by atoms with Gasteiger partial charge in [0.25, 0.3) is 0 Å². The van der Waals surface area contributed by atoms with Crippen molar-refractivity contribution in [2.75, 3.05) is 45.9 Å². The molecule has 0 aliphatic carbocycles. The molecular formula is C23H32N4O2. The molecule has 29 heavy (non-hydrogen) atoms. The molecule has 1 aromatic heterocycles. The predicted octanol–water partition coefficient (Wildman–Crippen LogP) is 2.39. The largest absolute Gasteiger partial charge is 0.381 e. The molecule has 0 atom stereocenters. The fourth-order valence-electron chi connectivity index (χ4n) is 4.72. The number of piperazine rings is 1. The fourth-order valence-corrected chi connectivity index (χ4v) is 4.72. The first-order chi connectivity index (χ1) is 14.1. The summed E-state index contributed by atoms with van der Waals surface area (Å²) in [6.07, 6.45) is 1.54. The first-order valence-electron chi connectivity index (χ1n) is 10.7. The molecule has 2 saturated heterocycles. The summed E-state index contributed by atoms with van der Waals surface area (Å²) in [6, 6.07) is 12.4. The molecule has 1 aromatic carbocycles. The predicted molar refractivity (Wildman–Crippen MR) is 113 cm³/mol. The Kier molecular flexibility index (Phi) is 6.01. The van der Waals surface area contributed by atoms with Crippen LogP contribution in [0.15, 0.2) is 36.4 Å². The molecule has 1 amide bonds. The van der Waals surface area contributed by atoms with Crippen LogP contribution in [0, 0.1) is 13.8 Å². The van der Waals surface area contributed by atoms with E-state index in [0.29, 0.717) is 13.2 Å². The van der Waals surface area contributed by atoms with Gasteiger partial charge in [0.1, 0.15) is 0 Å². The van der Waals surface area contributed by atoms with Gasteiger partial charge >= 0.3 is 0 Å². The number of carbonyl (C=O) groups is 1. The van der Waals surface area contributed by atoms with E-state index in [4.69, 9.17) is 4.74 Å². The quantitative estimate of drug-likeness (QED) is 0.779. The third-order valence-electron chi connectivity index (χ3n) is 6.47. The van der Waals surface area contributed by atoms with Crippen LogP contribution in [0.5, 0.6) is 0 Å². The monoisotopic (exact) mass is 396 g/mol. The molecule has 0 spiro atoms. The zero-order valence-electron chi connectivity index (χ0n) is 17.6. The van der Waals surface area contributed by atoms with Crippen molar-refractivity contribution in [3.8, 4) is 0 Å². The summed E-state index contributed by atoms with van der Waals surface area (Å²) in [4.78, 5) is 18.2. The van der Waals surface area contributed by atoms with Crippen molar-refractivity contribution < 1.29 is 9.53 Å². The topological polar surface area (TPSA) is 50.6 Å². The van der Waals surface area contributed by atoms with E-state index in [0.717, 1.165) is 63.4 Å². The number of aryl methyl sites for hydroxylation is 2. The van der Waals surface area contributed by atoms with Crippen molar-refractivity contribution >= 4 is 5.91 Å². The molecule has 0 N–H and O–H groups in total. The van der Waals surface area contributed by atoms with E-state index in [1.165, 1.54) is 5.69 Å². The Morgan fingerprint density at radius 3 is 2.34 bits per heavy atom. The van der Waals surface area contributed by atoms with Gasteiger partial charge in [-0.2, -0.15) is 5.10 Å². The van der Waals surface area contributed by atoms with Crippen molar-refractivity contribution in [2.24, 2.45) is 0 Å². The average Bonchev–Trinajstić information content (AvgIpc) is 3.10. The van der Waals surface area contributed by atoms with Crippen LogP contribution in [0.2, 0.25) is 0 Å². The van der Waals surface area contributed by atoms with Crippen LogP contribution >= 0.6 is 0 Å². The van der Waals surface area contributed by atoms with Crippen LogP contribution in [0.4, 0.5) is 0 Å². The zero-order valence-corrected chi connectivity index (χ0v) is 17.6. The van der Waals surface area contributed by atoms with Crippen LogP contribution in [0.25, 0.3) is 0 Å². The summed E-state index contributed by atoms with van der Waals surface area (Å²) >= 11 is 0. The van der Waals surface area contributed by atoms with Gasteiger partial charge in [0.2, 0.25) is 5.91 Å². The van der Waals surface area contributed by atoms with E-state index in [1.807, 2.05) is 25.1 Å². The first kappa shape index (κ1) is 20.1. The van der Waals surface area contributed by atoms with Crippen molar-refractivity contribution in [3.63, 3.8) is 0 Å². The lowest BCUT2D eigenvalue weighted by Gasteiger charge is -2.43. The highest BCUT2D eigenvalue weighted by Gasteiger charge is 2.44. The van der Waals surface area contributed by atoms with E-state index >= 15 is 0 Å². The van der Waals surface area contributed by atoms with Gasteiger partial charge in [0.15, 0.2) is 0 Å². The van der Waals surface area contributed by atoms with Crippen LogP contribution in [0.3, 0.4) is 0 Å². The Balaban J connectivity index is 1.38. The van der Waals surface area contributed by atoms with Gasteiger partial charge < -0.3 is 9.64 Å². The third-order valence-corrected chi connectivity index (χ3v) is 6.47. The van der Waals surface area contributed by atoms with Crippen LogP contribution in [-0.2, 0) is 21.5 Å². The summed E-state index contributed by atoms with van der Waals surface area (Å²) in [5.41, 5.74) is 2.99. The minimum atomic E-state index is -0.425. The second kappa shape index (κ2) is 8.67. The first-order valence-corrected chi connectivity index (χ1v) is 10.7. The molecule has 6 nitrogen and oxygen atoms in total. The Hall–Kier alpha value is -2.18. The van der Waals surface area contributed by atoms with Gasteiger partial charge in [-0.15, -0.1) is 0 Å². The maximum absolute atomic E-state index is 13.6. The van der Waals surface area contributed by atoms with Crippen molar-refractivity contribution in [3.05, 3.63) is 53.3 Å². The number of benzene rings is 1. The van der Waals surface area contributed by atoms with E-state index < -0.39 is 5.41 Å². The summed E-state index contributed by atoms with van der Waals surface area (Å²) in [6.45, 7) is 10.8. The molecule has 0 radical (unpaired) electrons. The van der Waals surface area contributed by atoms with Crippen molar-refractivity contribution in [1.29, 1.82) is 0 Å². The molecule has 2 aliphatic heterocycles. The SMILES string of the molecule is Cc1cc(C)n(CCN2CCN(C(=O)C3(c4ccccc4)CCOCC3)CC2)n1. The van der Waals surface area contributed by atoms with Gasteiger partial charge in [-0.3, -0.25) is 14.4 Å². The molecule has 2 aromatic rings. The highest BCUT2D eigenvalue weighted by molar-refractivity contribution is 5.88. The Morgan fingerprint density at radius 2 is 1.72 bits per heavy atom. The summed E-state index contributed by atoms with van der Waals surface area (Å²) in [5, 5.41) is 4.56. The number of amides is 1. The summed E-state index contributed by atoms with van der Waals surface area (Å²) in [5.74, 6) is 0.283. The molecule has 0 saturated carbocycles. The van der Waals surface area contributed by atoms with Gasteiger partial charge in [-0.1, -0.05) is 30.3 Å². The van der Waals surface area contributed by atoms with Gasteiger partial charge in [-0.25, -0.2) is 0 Å². The number of carbonyl (C=O) groups excluding carboxylic acids is 1. The van der Waals surface area contributed by atoms with Gasteiger partial charge in [0, 0.05) is 51.6 Å². The number of rotatable bonds is 5. The minimum absolute atomic E-state index is 0.283. The van der Waals surface area contributed by atoms with Gasteiger partial charge in [0.05, 0.1) is 17.7 Å². The molecule has 0 unspecified atom stereocenters. The lowest BCUT2D eigenvalue weighted by atomic mass is 9.73. The third kappa shape index (κ3) is 4.23. The minimum Gasteiger partial charge on any atom is -0.381 e.